The van der Waals surface area contributed by atoms with E-state index in [-0.39, 0.29) is 5.75 Å². The van der Waals surface area contributed by atoms with Crippen LogP contribution in [0.2, 0.25) is 6.32 Å². The summed E-state index contributed by atoms with van der Waals surface area (Å²) < 4.78 is 10.1. The van der Waals surface area contributed by atoms with E-state index in [1.807, 2.05) is 13.8 Å². The van der Waals surface area contributed by atoms with Gasteiger partial charge in [0.25, 0.3) is 0 Å². The lowest BCUT2D eigenvalue weighted by molar-refractivity contribution is 0.0728. The highest BCUT2D eigenvalue weighted by atomic mass is 16.5. The van der Waals surface area contributed by atoms with E-state index in [1.54, 1.807) is 30.3 Å². The molecule has 21 heavy (non-hydrogen) atoms. The third-order valence-corrected chi connectivity index (χ3v) is 2.46. The van der Waals surface area contributed by atoms with Gasteiger partial charge >= 0.3 is 5.97 Å². The molecule has 0 amide bonds. The highest BCUT2D eigenvalue weighted by Gasteiger charge is 2.11. The molecule has 0 saturated carbocycles. The molecule has 0 unspecified atom stereocenters. The van der Waals surface area contributed by atoms with Gasteiger partial charge < -0.3 is 9.15 Å². The SMILES string of the molecule is CC.[B]CCc1cc(=O)c(OC(=O)c2ccccc2)co1. The minimum absolute atomic E-state index is 0.130. The number of carbonyl (C=O) groups excluding carboxylic acids is 1. The van der Waals surface area contributed by atoms with Crippen LogP contribution < -0.4 is 10.2 Å². The Kier molecular flexibility index (Phi) is 7.02. The maximum Gasteiger partial charge on any atom is 0.343 e. The summed E-state index contributed by atoms with van der Waals surface area (Å²) in [6, 6.07) is 9.69. The third kappa shape index (κ3) is 4.95. The van der Waals surface area contributed by atoms with Gasteiger partial charge in [0.1, 0.15) is 12.0 Å². The van der Waals surface area contributed by atoms with Crippen LogP contribution in [0.3, 0.4) is 0 Å². The number of esters is 1. The third-order valence-electron chi connectivity index (χ3n) is 2.46. The van der Waals surface area contributed by atoms with E-state index in [0.717, 1.165) is 6.26 Å². The molecule has 1 heterocycles. The second-order valence-electron chi connectivity index (χ2n) is 3.87. The average Bonchev–Trinajstić information content (AvgIpc) is 2.53. The zero-order chi connectivity index (χ0) is 15.7. The van der Waals surface area contributed by atoms with Gasteiger partial charge in [-0.2, -0.15) is 0 Å². The summed E-state index contributed by atoms with van der Waals surface area (Å²) in [7, 11) is 5.36. The molecule has 0 aliphatic heterocycles. The van der Waals surface area contributed by atoms with Gasteiger partial charge in [0.05, 0.1) is 13.4 Å². The first-order valence-corrected chi connectivity index (χ1v) is 6.79. The molecule has 4 nitrogen and oxygen atoms in total. The normalized spacial score (nSPS) is 9.43. The summed E-state index contributed by atoms with van der Waals surface area (Å²) in [6.07, 6.45) is 1.97. The lowest BCUT2D eigenvalue weighted by atomic mass is 10.0. The molecule has 0 aliphatic rings. The Bertz CT molecular complexity index is 620. The van der Waals surface area contributed by atoms with E-state index < -0.39 is 11.4 Å². The van der Waals surface area contributed by atoms with Crippen molar-refractivity contribution in [2.24, 2.45) is 0 Å². The molecule has 0 saturated heterocycles. The number of hydrogen-bond acceptors (Lipinski definition) is 4. The van der Waals surface area contributed by atoms with E-state index in [0.29, 0.717) is 24.1 Å². The smallest absolute Gasteiger partial charge is 0.343 e. The van der Waals surface area contributed by atoms with E-state index >= 15 is 0 Å². The molecule has 1 aromatic heterocycles. The Hall–Kier alpha value is -2.30. The molecular weight excluding hydrogens is 267 g/mol. The summed E-state index contributed by atoms with van der Waals surface area (Å²) in [4.78, 5) is 23.5. The quantitative estimate of drug-likeness (QED) is 0.639. The number of hydrogen-bond donors (Lipinski definition) is 0. The van der Waals surface area contributed by atoms with Crippen molar-refractivity contribution in [1.29, 1.82) is 0 Å². The highest BCUT2D eigenvalue weighted by Crippen LogP contribution is 2.10. The van der Waals surface area contributed by atoms with E-state index in [4.69, 9.17) is 17.0 Å². The molecule has 0 aliphatic carbocycles. The van der Waals surface area contributed by atoms with Gasteiger partial charge in [0, 0.05) is 6.07 Å². The van der Waals surface area contributed by atoms with Gasteiger partial charge in [-0.05, 0) is 18.6 Å². The lowest BCUT2D eigenvalue weighted by Crippen LogP contribution is -2.14. The number of aryl methyl sites for hydroxylation is 1. The van der Waals surface area contributed by atoms with Crippen molar-refractivity contribution in [3.63, 3.8) is 0 Å². The molecule has 2 radical (unpaired) electrons. The predicted molar refractivity (Wildman–Crippen MR) is 82.0 cm³/mol. The molecule has 0 bridgehead atoms. The predicted octanol–water partition coefficient (Wildman–Crippen LogP) is 3.01. The molecular formula is C16H17BO4. The van der Waals surface area contributed by atoms with Crippen LogP contribution in [0.25, 0.3) is 0 Å². The van der Waals surface area contributed by atoms with Gasteiger partial charge in [-0.1, -0.05) is 38.4 Å². The van der Waals surface area contributed by atoms with Crippen molar-refractivity contribution in [2.75, 3.05) is 0 Å². The molecule has 2 rings (SSSR count). The average molecular weight is 284 g/mol. The number of benzene rings is 1. The van der Waals surface area contributed by atoms with Crippen molar-refractivity contribution in [3.8, 4) is 5.75 Å². The van der Waals surface area contributed by atoms with Gasteiger partial charge in [0.2, 0.25) is 11.2 Å². The minimum Gasteiger partial charge on any atom is -0.465 e. The highest BCUT2D eigenvalue weighted by molar-refractivity contribution is 6.08. The Morgan fingerprint density at radius 2 is 1.90 bits per heavy atom. The fraction of sp³-hybridized carbons (Fsp3) is 0.250. The monoisotopic (exact) mass is 284 g/mol. The Labute approximate surface area is 125 Å². The summed E-state index contributed by atoms with van der Waals surface area (Å²) >= 11 is 0. The second kappa shape index (κ2) is 8.79. The van der Waals surface area contributed by atoms with Crippen LogP contribution >= 0.6 is 0 Å². The first kappa shape index (κ1) is 16.8. The molecule has 0 spiro atoms. The molecule has 108 valence electrons. The van der Waals surface area contributed by atoms with Crippen LogP contribution in [-0.4, -0.2) is 13.8 Å². The fourth-order valence-corrected chi connectivity index (χ4v) is 1.52. The molecule has 2 aromatic rings. The summed E-state index contributed by atoms with van der Waals surface area (Å²) in [5.41, 5.74) is -0.0353. The van der Waals surface area contributed by atoms with Gasteiger partial charge in [0.15, 0.2) is 0 Å². The van der Waals surface area contributed by atoms with Crippen LogP contribution in [0, 0.1) is 0 Å². The zero-order valence-corrected chi connectivity index (χ0v) is 12.2. The van der Waals surface area contributed by atoms with Crippen LogP contribution in [-0.2, 0) is 6.42 Å². The van der Waals surface area contributed by atoms with Crippen LogP contribution in [0.4, 0.5) is 0 Å². The minimum atomic E-state index is -0.598. The van der Waals surface area contributed by atoms with Crippen molar-refractivity contribution >= 4 is 13.8 Å². The molecule has 0 N–H and O–H groups in total. The lowest BCUT2D eigenvalue weighted by Gasteiger charge is -2.04. The second-order valence-corrected chi connectivity index (χ2v) is 3.87. The largest absolute Gasteiger partial charge is 0.465 e. The van der Waals surface area contributed by atoms with Gasteiger partial charge in [-0.3, -0.25) is 4.79 Å². The topological polar surface area (TPSA) is 56.5 Å². The Balaban J connectivity index is 0.00000106. The van der Waals surface area contributed by atoms with E-state index in [2.05, 4.69) is 0 Å². The van der Waals surface area contributed by atoms with Crippen LogP contribution in [0.1, 0.15) is 30.0 Å². The Morgan fingerprint density at radius 1 is 1.24 bits per heavy atom. The van der Waals surface area contributed by atoms with Crippen LogP contribution in [0.5, 0.6) is 5.75 Å². The first-order chi connectivity index (χ1) is 10.2. The van der Waals surface area contributed by atoms with E-state index in [1.165, 1.54) is 6.07 Å². The van der Waals surface area contributed by atoms with Crippen molar-refractivity contribution in [3.05, 3.63) is 64.2 Å². The van der Waals surface area contributed by atoms with E-state index in [9.17, 15) is 9.59 Å². The van der Waals surface area contributed by atoms with Crippen molar-refractivity contribution in [1.82, 2.24) is 0 Å². The number of carbonyl (C=O) groups is 1. The number of ether oxygens (including phenoxy) is 1. The Morgan fingerprint density at radius 3 is 2.48 bits per heavy atom. The molecule has 5 heteroatoms. The maximum atomic E-state index is 11.8. The van der Waals surface area contributed by atoms with Gasteiger partial charge in [-0.25, -0.2) is 4.79 Å². The fourth-order valence-electron chi connectivity index (χ4n) is 1.52. The molecule has 0 atom stereocenters. The van der Waals surface area contributed by atoms with Crippen molar-refractivity contribution in [2.45, 2.75) is 26.6 Å². The van der Waals surface area contributed by atoms with Gasteiger partial charge in [-0.15, -0.1) is 0 Å². The molecule has 1 aromatic carbocycles. The molecule has 0 fully saturated rings. The number of rotatable bonds is 4. The summed E-state index contributed by atoms with van der Waals surface area (Å²) in [5.74, 6) is -0.263. The summed E-state index contributed by atoms with van der Waals surface area (Å²) in [5, 5.41) is 0. The maximum absolute atomic E-state index is 11.8. The summed E-state index contributed by atoms with van der Waals surface area (Å²) in [6.45, 7) is 4.00. The van der Waals surface area contributed by atoms with Crippen LogP contribution in [0.15, 0.2) is 51.9 Å². The van der Waals surface area contributed by atoms with Crippen molar-refractivity contribution < 1.29 is 13.9 Å². The first-order valence-electron chi connectivity index (χ1n) is 6.79. The standard InChI is InChI=1S/C14H11BO4.C2H6/c15-7-6-11-8-12(16)13(9-18-11)19-14(17)10-4-2-1-3-5-10;1-2/h1-5,8-9H,6-7H2;1-2H3. The zero-order valence-electron chi connectivity index (χ0n) is 12.2.